The average Bonchev–Trinajstić information content (AvgIpc) is 2.82. The lowest BCUT2D eigenvalue weighted by atomic mass is 10.0. The summed E-state index contributed by atoms with van der Waals surface area (Å²) in [5, 5.41) is 2.54. The Kier molecular flexibility index (Phi) is 8.35. The van der Waals surface area contributed by atoms with Gasteiger partial charge in [-0.3, -0.25) is 0 Å². The third-order valence-electron chi connectivity index (χ3n) is 6.17. The largest absolute Gasteiger partial charge is 0.493 e. The number of nitrogens with two attached hydrogens (primary N) is 1. The summed E-state index contributed by atoms with van der Waals surface area (Å²) in [6.45, 7) is 7.50. The SMILES string of the molecule is COc1ccc(C[C@H](N)CCO[Si](c2ccccc2)(c2ccccc2)C(C)(C)C)cc1OC. The van der Waals surface area contributed by atoms with Gasteiger partial charge in [-0.05, 0) is 45.9 Å². The lowest BCUT2D eigenvalue weighted by Crippen LogP contribution is -2.66. The fourth-order valence-corrected chi connectivity index (χ4v) is 9.12. The maximum Gasteiger partial charge on any atom is 0.261 e. The maximum absolute atomic E-state index is 6.97. The van der Waals surface area contributed by atoms with Crippen molar-refractivity contribution in [2.75, 3.05) is 20.8 Å². The first-order valence-electron chi connectivity index (χ1n) is 11.5. The van der Waals surface area contributed by atoms with Crippen molar-refractivity contribution in [3.63, 3.8) is 0 Å². The van der Waals surface area contributed by atoms with Crippen molar-refractivity contribution in [1.82, 2.24) is 0 Å². The Hall–Kier alpha value is -2.60. The van der Waals surface area contributed by atoms with Crippen LogP contribution in [0, 0.1) is 0 Å². The summed E-state index contributed by atoms with van der Waals surface area (Å²) < 4.78 is 17.7. The highest BCUT2D eigenvalue weighted by Gasteiger charge is 2.50. The second-order valence-corrected chi connectivity index (χ2v) is 13.8. The Morgan fingerprint density at radius 3 is 1.82 bits per heavy atom. The highest BCUT2D eigenvalue weighted by molar-refractivity contribution is 6.99. The van der Waals surface area contributed by atoms with E-state index in [-0.39, 0.29) is 11.1 Å². The normalized spacial score (nSPS) is 12.9. The third kappa shape index (κ3) is 5.67. The summed E-state index contributed by atoms with van der Waals surface area (Å²) in [5.41, 5.74) is 7.68. The van der Waals surface area contributed by atoms with Crippen molar-refractivity contribution in [2.24, 2.45) is 5.73 Å². The van der Waals surface area contributed by atoms with E-state index in [0.717, 1.165) is 29.9 Å². The Labute approximate surface area is 199 Å². The van der Waals surface area contributed by atoms with Gasteiger partial charge in [0, 0.05) is 12.6 Å². The van der Waals surface area contributed by atoms with Crippen LogP contribution in [0.1, 0.15) is 32.8 Å². The molecule has 0 aliphatic heterocycles. The number of ether oxygens (including phenoxy) is 2. The molecular formula is C28H37NO3Si. The number of hydrogen-bond acceptors (Lipinski definition) is 4. The van der Waals surface area contributed by atoms with Gasteiger partial charge in [-0.15, -0.1) is 0 Å². The van der Waals surface area contributed by atoms with Gasteiger partial charge < -0.3 is 19.6 Å². The van der Waals surface area contributed by atoms with Crippen molar-refractivity contribution in [3.05, 3.63) is 84.4 Å². The maximum atomic E-state index is 6.97. The van der Waals surface area contributed by atoms with E-state index in [1.54, 1.807) is 14.2 Å². The molecule has 0 spiro atoms. The average molecular weight is 464 g/mol. The van der Waals surface area contributed by atoms with Gasteiger partial charge in [-0.2, -0.15) is 0 Å². The summed E-state index contributed by atoms with van der Waals surface area (Å²) in [6.07, 6.45) is 1.53. The van der Waals surface area contributed by atoms with E-state index >= 15 is 0 Å². The first kappa shape index (κ1) is 25.0. The van der Waals surface area contributed by atoms with Crippen molar-refractivity contribution in [2.45, 2.75) is 44.7 Å². The predicted molar refractivity (Wildman–Crippen MR) is 139 cm³/mol. The molecule has 176 valence electrons. The Bertz CT molecular complexity index is 963. The number of methoxy groups -OCH3 is 2. The van der Waals surface area contributed by atoms with Gasteiger partial charge in [0.1, 0.15) is 0 Å². The molecule has 0 unspecified atom stereocenters. The zero-order chi connectivity index (χ0) is 23.9. The van der Waals surface area contributed by atoms with E-state index in [9.17, 15) is 0 Å². The molecule has 0 aliphatic carbocycles. The summed E-state index contributed by atoms with van der Waals surface area (Å²) in [6, 6.07) is 27.4. The second-order valence-electron chi connectivity index (χ2n) is 9.45. The highest BCUT2D eigenvalue weighted by atomic mass is 28.4. The molecule has 3 aromatic rings. The lowest BCUT2D eigenvalue weighted by Gasteiger charge is -2.43. The minimum Gasteiger partial charge on any atom is -0.493 e. The molecule has 0 amide bonds. The summed E-state index contributed by atoms with van der Waals surface area (Å²) in [4.78, 5) is 0. The van der Waals surface area contributed by atoms with Gasteiger partial charge in [0.25, 0.3) is 8.32 Å². The Morgan fingerprint density at radius 2 is 1.33 bits per heavy atom. The van der Waals surface area contributed by atoms with E-state index in [1.807, 2.05) is 18.2 Å². The molecule has 2 N–H and O–H groups in total. The lowest BCUT2D eigenvalue weighted by molar-refractivity contribution is 0.280. The first-order chi connectivity index (χ1) is 15.8. The minimum atomic E-state index is -2.53. The standard InChI is InChI=1S/C28H37NO3Si/c1-28(2,3)33(24-12-8-6-9-13-24,25-14-10-7-11-15-25)32-19-18-23(29)20-22-16-17-26(30-4)27(21-22)31-5/h6-17,21,23H,18-20,29H2,1-5H3/t23-/m1/s1. The number of benzene rings is 3. The van der Waals surface area contributed by atoms with Crippen molar-refractivity contribution >= 4 is 18.7 Å². The molecule has 0 bridgehead atoms. The first-order valence-corrected chi connectivity index (χ1v) is 13.4. The van der Waals surface area contributed by atoms with Crippen LogP contribution >= 0.6 is 0 Å². The van der Waals surface area contributed by atoms with E-state index < -0.39 is 8.32 Å². The van der Waals surface area contributed by atoms with Gasteiger partial charge in [-0.25, -0.2) is 0 Å². The zero-order valence-electron chi connectivity index (χ0n) is 20.5. The zero-order valence-corrected chi connectivity index (χ0v) is 21.5. The molecule has 0 radical (unpaired) electrons. The van der Waals surface area contributed by atoms with Crippen LogP contribution in [0.3, 0.4) is 0 Å². The molecule has 1 atom stereocenters. The fraction of sp³-hybridized carbons (Fsp3) is 0.357. The van der Waals surface area contributed by atoms with Crippen LogP contribution < -0.4 is 25.6 Å². The number of hydrogen-bond donors (Lipinski definition) is 1. The second kappa shape index (κ2) is 11.0. The van der Waals surface area contributed by atoms with E-state index in [1.165, 1.54) is 10.4 Å². The van der Waals surface area contributed by atoms with Crippen molar-refractivity contribution in [3.8, 4) is 11.5 Å². The highest BCUT2D eigenvalue weighted by Crippen LogP contribution is 2.37. The monoisotopic (exact) mass is 463 g/mol. The van der Waals surface area contributed by atoms with Crippen LogP contribution in [0.15, 0.2) is 78.9 Å². The van der Waals surface area contributed by atoms with Crippen LogP contribution in [-0.2, 0) is 10.8 Å². The van der Waals surface area contributed by atoms with Crippen LogP contribution in [-0.4, -0.2) is 35.2 Å². The van der Waals surface area contributed by atoms with Gasteiger partial charge in [0.05, 0.1) is 14.2 Å². The number of rotatable bonds is 10. The van der Waals surface area contributed by atoms with Crippen LogP contribution in [0.2, 0.25) is 5.04 Å². The van der Waals surface area contributed by atoms with E-state index in [2.05, 4.69) is 81.4 Å². The molecule has 3 aromatic carbocycles. The molecule has 5 heteroatoms. The molecule has 0 aromatic heterocycles. The summed E-state index contributed by atoms with van der Waals surface area (Å²) in [5.74, 6) is 1.45. The molecular weight excluding hydrogens is 426 g/mol. The predicted octanol–water partition coefficient (Wildman–Crippen LogP) is 4.54. The summed E-state index contributed by atoms with van der Waals surface area (Å²) in [7, 11) is 0.769. The van der Waals surface area contributed by atoms with Crippen LogP contribution in [0.25, 0.3) is 0 Å². The molecule has 0 heterocycles. The fourth-order valence-electron chi connectivity index (χ4n) is 4.54. The molecule has 0 fully saturated rings. The molecule has 0 saturated heterocycles. The third-order valence-corrected chi connectivity index (χ3v) is 11.2. The summed E-state index contributed by atoms with van der Waals surface area (Å²) >= 11 is 0. The van der Waals surface area contributed by atoms with E-state index in [4.69, 9.17) is 19.6 Å². The Balaban J connectivity index is 1.79. The van der Waals surface area contributed by atoms with Gasteiger partial charge in [-0.1, -0.05) is 87.5 Å². The molecule has 4 nitrogen and oxygen atoms in total. The smallest absolute Gasteiger partial charge is 0.261 e. The Morgan fingerprint density at radius 1 is 0.788 bits per heavy atom. The van der Waals surface area contributed by atoms with Crippen LogP contribution in [0.5, 0.6) is 11.5 Å². The molecule has 0 aliphatic rings. The molecule has 0 saturated carbocycles. The van der Waals surface area contributed by atoms with Crippen LogP contribution in [0.4, 0.5) is 0 Å². The van der Waals surface area contributed by atoms with Gasteiger partial charge >= 0.3 is 0 Å². The minimum absolute atomic E-state index is 0.0127. The topological polar surface area (TPSA) is 53.7 Å². The van der Waals surface area contributed by atoms with Gasteiger partial charge in [0.15, 0.2) is 11.5 Å². The molecule has 3 rings (SSSR count). The van der Waals surface area contributed by atoms with E-state index in [0.29, 0.717) is 6.61 Å². The molecule has 33 heavy (non-hydrogen) atoms. The van der Waals surface area contributed by atoms with Gasteiger partial charge in [0.2, 0.25) is 0 Å². The quantitative estimate of drug-likeness (QED) is 0.449. The van der Waals surface area contributed by atoms with Crippen molar-refractivity contribution in [1.29, 1.82) is 0 Å². The van der Waals surface area contributed by atoms with Crippen molar-refractivity contribution < 1.29 is 13.9 Å².